The Morgan fingerprint density at radius 1 is 0.750 bits per heavy atom. The van der Waals surface area contributed by atoms with E-state index in [9.17, 15) is 34.5 Å². The van der Waals surface area contributed by atoms with Gasteiger partial charge in [0.15, 0.2) is 0 Å². The highest BCUT2D eigenvalue weighted by molar-refractivity contribution is 5.94. The minimum Gasteiger partial charge on any atom is -0.480 e. The van der Waals surface area contributed by atoms with Gasteiger partial charge in [0.1, 0.15) is 0 Å². The van der Waals surface area contributed by atoms with Crippen LogP contribution in [0.5, 0.6) is 0 Å². The Kier molecular flexibility index (Phi) is 15.1. The van der Waals surface area contributed by atoms with Crippen molar-refractivity contribution < 1.29 is 34.5 Å². The third-order valence-corrected chi connectivity index (χ3v) is 6.79. The SMILES string of the molecule is CCCCCCNC(=O)c1ccnc(CN2CCN(CC(=O)O)CCN(CC(=O)O)CCN(CC(=O)O)CC2)c1. The Hall–Kier alpha value is -3.13. The molecular weight excluding hydrogens is 520 g/mol. The van der Waals surface area contributed by atoms with E-state index in [2.05, 4.69) is 22.1 Å². The van der Waals surface area contributed by atoms with Crippen molar-refractivity contribution in [3.63, 3.8) is 0 Å². The fraction of sp³-hybridized carbons (Fsp3) is 0.667. The van der Waals surface area contributed by atoms with E-state index in [-0.39, 0.29) is 25.5 Å². The van der Waals surface area contributed by atoms with Gasteiger partial charge >= 0.3 is 17.9 Å². The molecule has 2 rings (SSSR count). The first-order valence-corrected chi connectivity index (χ1v) is 13.9. The van der Waals surface area contributed by atoms with Crippen molar-refractivity contribution in [2.75, 3.05) is 78.5 Å². The van der Waals surface area contributed by atoms with E-state index >= 15 is 0 Å². The molecule has 13 heteroatoms. The predicted molar refractivity (Wildman–Crippen MR) is 148 cm³/mol. The molecule has 1 fully saturated rings. The summed E-state index contributed by atoms with van der Waals surface area (Å²) in [6, 6.07) is 3.43. The highest BCUT2D eigenvalue weighted by Crippen LogP contribution is 2.08. The highest BCUT2D eigenvalue weighted by Gasteiger charge is 2.20. The van der Waals surface area contributed by atoms with Gasteiger partial charge in [-0.1, -0.05) is 26.2 Å². The molecule has 0 bridgehead atoms. The number of carboxylic acid groups (broad SMARTS) is 3. The number of aliphatic carboxylic acids is 3. The van der Waals surface area contributed by atoms with Crippen LogP contribution < -0.4 is 5.32 Å². The smallest absolute Gasteiger partial charge is 0.317 e. The predicted octanol–water partition coefficient (Wildman–Crippen LogP) is 0.367. The molecule has 1 saturated heterocycles. The maximum Gasteiger partial charge on any atom is 0.317 e. The van der Waals surface area contributed by atoms with Crippen LogP contribution in [-0.2, 0) is 20.9 Å². The second kappa shape index (κ2) is 18.3. The first kappa shape index (κ1) is 33.1. The molecule has 1 aromatic rings. The molecule has 40 heavy (non-hydrogen) atoms. The maximum atomic E-state index is 12.6. The second-order valence-corrected chi connectivity index (χ2v) is 10.1. The summed E-state index contributed by atoms with van der Waals surface area (Å²) in [5.74, 6) is -3.08. The van der Waals surface area contributed by atoms with Gasteiger partial charge in [-0.2, -0.15) is 0 Å². The van der Waals surface area contributed by atoms with Crippen LogP contribution in [0.3, 0.4) is 0 Å². The summed E-state index contributed by atoms with van der Waals surface area (Å²) in [5.41, 5.74) is 1.21. The monoisotopic (exact) mass is 564 g/mol. The summed E-state index contributed by atoms with van der Waals surface area (Å²) in [6.07, 6.45) is 5.87. The van der Waals surface area contributed by atoms with Gasteiger partial charge < -0.3 is 20.6 Å². The van der Waals surface area contributed by atoms with Gasteiger partial charge in [0.2, 0.25) is 0 Å². The zero-order valence-corrected chi connectivity index (χ0v) is 23.5. The van der Waals surface area contributed by atoms with E-state index in [1.54, 1.807) is 33.0 Å². The number of carboxylic acids is 3. The zero-order chi connectivity index (χ0) is 29.3. The number of nitrogens with zero attached hydrogens (tertiary/aromatic N) is 5. The van der Waals surface area contributed by atoms with Gasteiger partial charge in [0, 0.05) is 77.2 Å². The molecular formula is C27H44N6O7. The molecule has 1 aliphatic rings. The van der Waals surface area contributed by atoms with Gasteiger partial charge in [-0.05, 0) is 18.6 Å². The Morgan fingerprint density at radius 2 is 1.23 bits per heavy atom. The van der Waals surface area contributed by atoms with Gasteiger partial charge in [0.25, 0.3) is 5.91 Å². The lowest BCUT2D eigenvalue weighted by molar-refractivity contribution is -0.140. The van der Waals surface area contributed by atoms with E-state index in [1.165, 1.54) is 0 Å². The third-order valence-electron chi connectivity index (χ3n) is 6.79. The lowest BCUT2D eigenvalue weighted by Gasteiger charge is -2.33. The number of nitrogens with one attached hydrogen (secondary N) is 1. The summed E-state index contributed by atoms with van der Waals surface area (Å²) >= 11 is 0. The van der Waals surface area contributed by atoms with Crippen LogP contribution in [0.4, 0.5) is 0 Å². The van der Waals surface area contributed by atoms with Crippen molar-refractivity contribution in [2.24, 2.45) is 0 Å². The first-order chi connectivity index (χ1) is 19.2. The van der Waals surface area contributed by atoms with E-state index in [0.29, 0.717) is 76.7 Å². The number of unbranched alkanes of at least 4 members (excludes halogenated alkanes) is 3. The van der Waals surface area contributed by atoms with Crippen LogP contribution in [0.2, 0.25) is 0 Å². The molecule has 2 heterocycles. The van der Waals surface area contributed by atoms with Crippen LogP contribution in [0.25, 0.3) is 0 Å². The maximum absolute atomic E-state index is 12.6. The van der Waals surface area contributed by atoms with Gasteiger partial charge in [-0.3, -0.25) is 43.8 Å². The van der Waals surface area contributed by atoms with Crippen molar-refractivity contribution in [3.05, 3.63) is 29.6 Å². The summed E-state index contributed by atoms with van der Waals surface area (Å²) in [4.78, 5) is 58.7. The van der Waals surface area contributed by atoms with Gasteiger partial charge in [0.05, 0.1) is 25.3 Å². The Labute approximate surface area is 235 Å². The number of carbonyl (C=O) groups is 4. The van der Waals surface area contributed by atoms with Crippen LogP contribution in [-0.4, -0.2) is 142 Å². The van der Waals surface area contributed by atoms with E-state index in [4.69, 9.17) is 0 Å². The minimum atomic E-state index is -0.993. The Balaban J connectivity index is 2.13. The standard InChI is InChI=1S/C27H44N6O7/c1-2-3-4-5-7-29-27(40)22-6-8-28-23(17-22)18-30-9-11-31(19-24(34)35)13-15-33(21-26(38)39)16-14-32(12-10-30)20-25(36)37/h6,8,17H,2-5,7,9-16,18-21H2,1H3,(H,29,40)(H,34,35)(H,36,37)(H,38,39). The number of aromatic nitrogens is 1. The molecule has 1 aromatic heterocycles. The van der Waals surface area contributed by atoms with E-state index < -0.39 is 17.9 Å². The fourth-order valence-corrected chi connectivity index (χ4v) is 4.58. The lowest BCUT2D eigenvalue weighted by atomic mass is 10.2. The quantitative estimate of drug-likeness (QED) is 0.230. The zero-order valence-electron chi connectivity index (χ0n) is 23.5. The van der Waals surface area contributed by atoms with E-state index in [1.807, 2.05) is 0 Å². The number of pyridine rings is 1. The molecule has 0 atom stereocenters. The third kappa shape index (κ3) is 13.8. The summed E-state index contributed by atoms with van der Waals surface area (Å²) in [7, 11) is 0. The van der Waals surface area contributed by atoms with Crippen LogP contribution in [0.15, 0.2) is 18.3 Å². The molecule has 224 valence electrons. The molecule has 4 N–H and O–H groups in total. The van der Waals surface area contributed by atoms with Crippen molar-refractivity contribution in [1.82, 2.24) is 29.9 Å². The molecule has 1 aliphatic heterocycles. The molecule has 13 nitrogen and oxygen atoms in total. The topological polar surface area (TPSA) is 167 Å². The summed E-state index contributed by atoms with van der Waals surface area (Å²) < 4.78 is 0. The Morgan fingerprint density at radius 3 is 1.68 bits per heavy atom. The number of amides is 1. The lowest BCUT2D eigenvalue weighted by Crippen LogP contribution is -2.48. The summed E-state index contributed by atoms with van der Waals surface area (Å²) in [5, 5.41) is 31.0. The Bertz CT molecular complexity index is 931. The molecule has 0 spiro atoms. The molecule has 0 saturated carbocycles. The van der Waals surface area contributed by atoms with Crippen LogP contribution in [0.1, 0.15) is 48.7 Å². The van der Waals surface area contributed by atoms with Gasteiger partial charge in [-0.15, -0.1) is 0 Å². The van der Waals surface area contributed by atoms with Crippen molar-refractivity contribution in [3.8, 4) is 0 Å². The number of hydrogen-bond acceptors (Lipinski definition) is 9. The summed E-state index contributed by atoms with van der Waals surface area (Å²) in [6.45, 7) is 5.83. The number of carbonyl (C=O) groups excluding carboxylic acids is 1. The normalized spacial score (nSPS) is 17.0. The van der Waals surface area contributed by atoms with Crippen molar-refractivity contribution >= 4 is 23.8 Å². The first-order valence-electron chi connectivity index (χ1n) is 13.9. The molecule has 0 radical (unpaired) electrons. The number of rotatable bonds is 14. The highest BCUT2D eigenvalue weighted by atomic mass is 16.4. The largest absolute Gasteiger partial charge is 0.480 e. The van der Waals surface area contributed by atoms with Crippen LogP contribution >= 0.6 is 0 Å². The molecule has 0 aromatic carbocycles. The average Bonchev–Trinajstić information content (AvgIpc) is 2.89. The molecule has 1 amide bonds. The van der Waals surface area contributed by atoms with Crippen molar-refractivity contribution in [1.29, 1.82) is 0 Å². The van der Waals surface area contributed by atoms with Crippen molar-refractivity contribution in [2.45, 2.75) is 39.2 Å². The average molecular weight is 565 g/mol. The minimum absolute atomic E-state index is 0.153. The molecule has 0 aliphatic carbocycles. The second-order valence-electron chi connectivity index (χ2n) is 10.1. The fourth-order valence-electron chi connectivity index (χ4n) is 4.58. The molecule has 0 unspecified atom stereocenters. The number of hydrogen-bond donors (Lipinski definition) is 4. The van der Waals surface area contributed by atoms with E-state index in [0.717, 1.165) is 25.7 Å². The van der Waals surface area contributed by atoms with Gasteiger partial charge in [-0.25, -0.2) is 0 Å². The van der Waals surface area contributed by atoms with Crippen LogP contribution in [0, 0.1) is 0 Å².